The quantitative estimate of drug-likeness (QED) is 0.813. The summed E-state index contributed by atoms with van der Waals surface area (Å²) in [4.78, 5) is 10.4. The lowest BCUT2D eigenvalue weighted by molar-refractivity contribution is 0.0290. The van der Waals surface area contributed by atoms with E-state index in [1.807, 2.05) is 0 Å². The van der Waals surface area contributed by atoms with E-state index in [0.29, 0.717) is 11.7 Å². The predicted molar refractivity (Wildman–Crippen MR) is 69.7 cm³/mol. The van der Waals surface area contributed by atoms with Crippen LogP contribution in [0.5, 0.6) is 0 Å². The van der Waals surface area contributed by atoms with Gasteiger partial charge in [-0.3, -0.25) is 0 Å². The van der Waals surface area contributed by atoms with Crippen LogP contribution in [0.4, 0.5) is 0 Å². The summed E-state index contributed by atoms with van der Waals surface area (Å²) in [5.41, 5.74) is 0. The number of H-pyrrole nitrogens is 1. The molecular formula is C11H15N5O4S. The van der Waals surface area contributed by atoms with Crippen LogP contribution in [0.2, 0.25) is 0 Å². The van der Waals surface area contributed by atoms with Gasteiger partial charge in [0.15, 0.2) is 10.9 Å². The van der Waals surface area contributed by atoms with Gasteiger partial charge in [-0.25, -0.2) is 18.1 Å². The van der Waals surface area contributed by atoms with Gasteiger partial charge in [-0.2, -0.15) is 4.98 Å². The largest absolute Gasteiger partial charge is 0.364 e. The Morgan fingerprint density at radius 3 is 3.00 bits per heavy atom. The molecule has 1 aliphatic rings. The van der Waals surface area contributed by atoms with Gasteiger partial charge in [-0.1, -0.05) is 5.16 Å². The average Bonchev–Trinajstić information content (AvgIpc) is 3.17. The number of ether oxygens (including phenoxy) is 1. The van der Waals surface area contributed by atoms with Crippen LogP contribution >= 0.6 is 0 Å². The van der Waals surface area contributed by atoms with Crippen molar-refractivity contribution in [2.45, 2.75) is 37.0 Å². The first-order valence-electron chi connectivity index (χ1n) is 6.48. The summed E-state index contributed by atoms with van der Waals surface area (Å²) in [6, 6.07) is 0. The van der Waals surface area contributed by atoms with Crippen molar-refractivity contribution in [3.63, 3.8) is 0 Å². The molecule has 0 amide bonds. The highest BCUT2D eigenvalue weighted by Crippen LogP contribution is 2.31. The molecule has 3 rings (SSSR count). The fourth-order valence-electron chi connectivity index (χ4n) is 2.15. The van der Waals surface area contributed by atoms with E-state index in [0.717, 1.165) is 12.8 Å². The minimum atomic E-state index is -3.58. The molecular weight excluding hydrogens is 298 g/mol. The van der Waals surface area contributed by atoms with Crippen LogP contribution in [0, 0.1) is 6.92 Å². The van der Waals surface area contributed by atoms with Crippen molar-refractivity contribution in [2.24, 2.45) is 0 Å². The number of nitrogens with one attached hydrogen (secondary N) is 2. The molecule has 2 N–H and O–H groups in total. The Morgan fingerprint density at radius 2 is 2.33 bits per heavy atom. The third kappa shape index (κ3) is 3.12. The number of hydrogen-bond acceptors (Lipinski definition) is 7. The van der Waals surface area contributed by atoms with E-state index in [2.05, 4.69) is 24.8 Å². The maximum atomic E-state index is 11.9. The molecule has 0 radical (unpaired) electrons. The smallest absolute Gasteiger partial charge is 0.257 e. The molecule has 9 nitrogen and oxygen atoms in total. The maximum Gasteiger partial charge on any atom is 0.257 e. The van der Waals surface area contributed by atoms with E-state index in [9.17, 15) is 8.42 Å². The molecule has 114 valence electrons. The fraction of sp³-hybridized carbons (Fsp3) is 0.545. The van der Waals surface area contributed by atoms with Gasteiger partial charge >= 0.3 is 0 Å². The first-order chi connectivity index (χ1) is 10.0. The van der Waals surface area contributed by atoms with Crippen LogP contribution in [-0.4, -0.2) is 41.2 Å². The topological polar surface area (TPSA) is 123 Å². The van der Waals surface area contributed by atoms with E-state index in [1.165, 1.54) is 12.5 Å². The number of hydrogen-bond donors (Lipinski definition) is 2. The minimum absolute atomic E-state index is 0.0320. The first-order valence-corrected chi connectivity index (χ1v) is 7.96. The van der Waals surface area contributed by atoms with Gasteiger partial charge in [0.2, 0.25) is 0 Å². The van der Waals surface area contributed by atoms with Crippen molar-refractivity contribution >= 4 is 10.0 Å². The summed E-state index contributed by atoms with van der Waals surface area (Å²) in [6.45, 7) is 1.92. The van der Waals surface area contributed by atoms with E-state index < -0.39 is 10.0 Å². The van der Waals surface area contributed by atoms with Gasteiger partial charge in [0.1, 0.15) is 6.10 Å². The maximum absolute atomic E-state index is 11.9. The first kappa shape index (κ1) is 14.2. The lowest BCUT2D eigenvalue weighted by Gasteiger charge is -2.12. The number of aromatic amines is 1. The van der Waals surface area contributed by atoms with Crippen molar-refractivity contribution in [1.29, 1.82) is 0 Å². The van der Waals surface area contributed by atoms with Crippen LogP contribution < -0.4 is 4.72 Å². The van der Waals surface area contributed by atoms with Gasteiger partial charge in [-0.05, 0) is 19.8 Å². The van der Waals surface area contributed by atoms with E-state index in [1.54, 1.807) is 6.92 Å². The molecule has 0 aliphatic carbocycles. The second kappa shape index (κ2) is 5.54. The van der Waals surface area contributed by atoms with Gasteiger partial charge in [-0.15, -0.1) is 0 Å². The van der Waals surface area contributed by atoms with E-state index in [-0.39, 0.29) is 23.8 Å². The molecule has 1 aliphatic heterocycles. The Kier molecular flexibility index (Phi) is 3.74. The molecule has 21 heavy (non-hydrogen) atoms. The van der Waals surface area contributed by atoms with Gasteiger partial charge in [0.05, 0.1) is 18.6 Å². The molecule has 0 spiro atoms. The van der Waals surface area contributed by atoms with Crippen molar-refractivity contribution in [2.75, 3.05) is 6.54 Å². The zero-order valence-corrected chi connectivity index (χ0v) is 12.1. The Balaban J connectivity index is 1.56. The molecule has 3 heterocycles. The standard InChI is InChI=1S/C11H15N5O4S/c1-7-15-11(20-16-7)9-3-2-8(19-9)4-14-21(17,18)10-5-12-6-13-10/h5-6,8-9,14H,2-4H2,1H3,(H,12,13)/t8-,9+/m1/s1. The predicted octanol–water partition coefficient (Wildman–Crippen LogP) is 0.300. The minimum Gasteiger partial charge on any atom is -0.364 e. The van der Waals surface area contributed by atoms with Crippen LogP contribution in [0.25, 0.3) is 0 Å². The van der Waals surface area contributed by atoms with Crippen molar-refractivity contribution < 1.29 is 17.7 Å². The Hall–Kier alpha value is -1.78. The molecule has 2 atom stereocenters. The van der Waals surface area contributed by atoms with Crippen molar-refractivity contribution in [1.82, 2.24) is 24.8 Å². The highest BCUT2D eigenvalue weighted by molar-refractivity contribution is 7.89. The van der Waals surface area contributed by atoms with Crippen LogP contribution in [-0.2, 0) is 14.8 Å². The monoisotopic (exact) mass is 313 g/mol. The van der Waals surface area contributed by atoms with Crippen LogP contribution in [0.3, 0.4) is 0 Å². The Morgan fingerprint density at radius 1 is 1.48 bits per heavy atom. The highest BCUT2D eigenvalue weighted by Gasteiger charge is 2.31. The van der Waals surface area contributed by atoms with Crippen LogP contribution in [0.1, 0.15) is 30.7 Å². The third-order valence-corrected chi connectivity index (χ3v) is 4.54. The Bertz CT molecular complexity index is 696. The molecule has 0 unspecified atom stereocenters. The SMILES string of the molecule is Cc1noc([C@@H]2CC[C@H](CNS(=O)(=O)c3cnc[nH]3)O2)n1. The van der Waals surface area contributed by atoms with Gasteiger partial charge < -0.3 is 14.2 Å². The van der Waals surface area contributed by atoms with Crippen molar-refractivity contribution in [3.8, 4) is 0 Å². The number of imidazole rings is 1. The highest BCUT2D eigenvalue weighted by atomic mass is 32.2. The molecule has 0 aromatic carbocycles. The molecule has 1 saturated heterocycles. The number of sulfonamides is 1. The summed E-state index contributed by atoms with van der Waals surface area (Å²) in [7, 11) is -3.58. The molecule has 1 fully saturated rings. The lowest BCUT2D eigenvalue weighted by Crippen LogP contribution is -2.32. The van der Waals surface area contributed by atoms with Gasteiger partial charge in [0, 0.05) is 6.54 Å². The van der Waals surface area contributed by atoms with E-state index >= 15 is 0 Å². The molecule has 2 aromatic heterocycles. The van der Waals surface area contributed by atoms with Gasteiger partial charge in [0.25, 0.3) is 15.9 Å². The zero-order chi connectivity index (χ0) is 14.9. The second-order valence-electron chi connectivity index (χ2n) is 4.77. The number of aryl methyl sites for hydroxylation is 1. The Labute approximate surface area is 121 Å². The number of rotatable bonds is 5. The summed E-state index contributed by atoms with van der Waals surface area (Å²) >= 11 is 0. The molecule has 0 saturated carbocycles. The summed E-state index contributed by atoms with van der Waals surface area (Å²) in [5, 5.41) is 3.75. The normalized spacial score (nSPS) is 22.7. The number of nitrogens with zero attached hydrogens (tertiary/aromatic N) is 3. The molecule has 2 aromatic rings. The fourth-order valence-corrected chi connectivity index (χ4v) is 3.12. The number of aromatic nitrogens is 4. The molecule has 0 bridgehead atoms. The third-order valence-electron chi connectivity index (χ3n) is 3.19. The summed E-state index contributed by atoms with van der Waals surface area (Å²) < 4.78 is 37.1. The second-order valence-corrected chi connectivity index (χ2v) is 6.51. The summed E-state index contributed by atoms with van der Waals surface area (Å²) in [6.07, 6.45) is 3.51. The molecule has 10 heteroatoms. The lowest BCUT2D eigenvalue weighted by atomic mass is 10.2. The zero-order valence-electron chi connectivity index (χ0n) is 11.3. The van der Waals surface area contributed by atoms with Crippen molar-refractivity contribution in [3.05, 3.63) is 24.2 Å². The van der Waals surface area contributed by atoms with E-state index in [4.69, 9.17) is 9.26 Å². The average molecular weight is 313 g/mol. The summed E-state index contributed by atoms with van der Waals surface area (Å²) in [5.74, 6) is 0.989. The van der Waals surface area contributed by atoms with Crippen LogP contribution in [0.15, 0.2) is 22.1 Å².